The molecule has 0 spiro atoms. The summed E-state index contributed by atoms with van der Waals surface area (Å²) in [5.41, 5.74) is 2.10. The third kappa shape index (κ3) is 3.78. The van der Waals surface area contributed by atoms with Crippen molar-refractivity contribution in [2.24, 2.45) is 0 Å². The molecule has 1 aliphatic heterocycles. The summed E-state index contributed by atoms with van der Waals surface area (Å²) in [5, 5.41) is 15.6. The van der Waals surface area contributed by atoms with Crippen molar-refractivity contribution in [1.29, 1.82) is 0 Å². The first-order valence-corrected chi connectivity index (χ1v) is 6.89. The van der Waals surface area contributed by atoms with Crippen molar-refractivity contribution in [3.05, 3.63) is 29.8 Å². The van der Waals surface area contributed by atoms with Gasteiger partial charge in [-0.15, -0.1) is 0 Å². The molecule has 1 aromatic rings. The molecule has 104 valence electrons. The fraction of sp³-hybridized carbons (Fsp3) is 0.533. The van der Waals surface area contributed by atoms with E-state index in [4.69, 9.17) is 0 Å². The Morgan fingerprint density at radius 3 is 2.89 bits per heavy atom. The standard InChI is InChI=1S/C15H22N2O2/c1-10(9-11(2)18)16-14-8-7-12-5-3-4-6-13(12)17-15(14)19/h3-6,10-11,14,16,18H,7-9H2,1-2H3,(H,17,19). The quantitative estimate of drug-likeness (QED) is 0.774. The van der Waals surface area contributed by atoms with Crippen LogP contribution in [0, 0.1) is 0 Å². The SMILES string of the molecule is CC(O)CC(C)NC1CCc2ccccc2NC1=O. The first-order chi connectivity index (χ1) is 9.06. The molecule has 2 rings (SSSR count). The highest BCUT2D eigenvalue weighted by Crippen LogP contribution is 2.21. The predicted octanol–water partition coefficient (Wildman–Crippen LogP) is 1.69. The lowest BCUT2D eigenvalue weighted by Gasteiger charge is -2.21. The number of fused-ring (bicyclic) bond motifs is 1. The number of anilines is 1. The van der Waals surface area contributed by atoms with E-state index in [1.54, 1.807) is 6.92 Å². The van der Waals surface area contributed by atoms with E-state index in [-0.39, 0.29) is 24.1 Å². The molecule has 0 radical (unpaired) electrons. The van der Waals surface area contributed by atoms with Gasteiger partial charge in [-0.2, -0.15) is 0 Å². The average molecular weight is 262 g/mol. The van der Waals surface area contributed by atoms with Gasteiger partial charge in [-0.25, -0.2) is 0 Å². The van der Waals surface area contributed by atoms with E-state index in [1.165, 1.54) is 5.56 Å². The summed E-state index contributed by atoms with van der Waals surface area (Å²) in [6.07, 6.45) is 1.96. The minimum Gasteiger partial charge on any atom is -0.393 e. The Bertz CT molecular complexity index is 446. The Hall–Kier alpha value is -1.39. The number of nitrogens with one attached hydrogen (secondary N) is 2. The highest BCUT2D eigenvalue weighted by Gasteiger charge is 2.24. The first-order valence-electron chi connectivity index (χ1n) is 6.89. The maximum absolute atomic E-state index is 12.2. The highest BCUT2D eigenvalue weighted by atomic mass is 16.3. The van der Waals surface area contributed by atoms with Gasteiger partial charge in [-0.05, 0) is 44.7 Å². The number of hydrogen-bond donors (Lipinski definition) is 3. The monoisotopic (exact) mass is 262 g/mol. The van der Waals surface area contributed by atoms with Crippen LogP contribution >= 0.6 is 0 Å². The van der Waals surface area contributed by atoms with E-state index >= 15 is 0 Å². The van der Waals surface area contributed by atoms with E-state index in [0.29, 0.717) is 6.42 Å². The fourth-order valence-corrected chi connectivity index (χ4v) is 2.59. The van der Waals surface area contributed by atoms with Crippen molar-refractivity contribution in [2.45, 2.75) is 51.3 Å². The second-order valence-corrected chi connectivity index (χ2v) is 5.39. The van der Waals surface area contributed by atoms with Gasteiger partial charge in [0.25, 0.3) is 0 Å². The molecular weight excluding hydrogens is 240 g/mol. The summed E-state index contributed by atoms with van der Waals surface area (Å²) in [6, 6.07) is 7.85. The Kier molecular flexibility index (Phi) is 4.56. The summed E-state index contributed by atoms with van der Waals surface area (Å²) >= 11 is 0. The number of hydrogen-bond acceptors (Lipinski definition) is 3. The number of rotatable bonds is 4. The maximum Gasteiger partial charge on any atom is 0.241 e. The van der Waals surface area contributed by atoms with Crippen LogP contribution in [0.1, 0.15) is 32.3 Å². The van der Waals surface area contributed by atoms with Crippen molar-refractivity contribution < 1.29 is 9.90 Å². The molecule has 3 N–H and O–H groups in total. The van der Waals surface area contributed by atoms with Crippen LogP contribution in [-0.2, 0) is 11.2 Å². The Labute approximate surface area is 114 Å². The molecule has 0 saturated heterocycles. The molecule has 4 nitrogen and oxygen atoms in total. The minimum atomic E-state index is -0.353. The molecular formula is C15H22N2O2. The van der Waals surface area contributed by atoms with Crippen LogP contribution in [0.25, 0.3) is 0 Å². The largest absolute Gasteiger partial charge is 0.393 e. The molecule has 19 heavy (non-hydrogen) atoms. The normalized spacial score (nSPS) is 22.1. The van der Waals surface area contributed by atoms with Crippen LogP contribution in [0.4, 0.5) is 5.69 Å². The van der Waals surface area contributed by atoms with Crippen LogP contribution in [0.5, 0.6) is 0 Å². The molecule has 0 bridgehead atoms. The van der Waals surface area contributed by atoms with E-state index in [2.05, 4.69) is 16.7 Å². The number of aryl methyl sites for hydroxylation is 1. The molecule has 0 fully saturated rings. The number of benzene rings is 1. The fourth-order valence-electron chi connectivity index (χ4n) is 2.59. The molecule has 0 saturated carbocycles. The van der Waals surface area contributed by atoms with Crippen molar-refractivity contribution in [3.8, 4) is 0 Å². The van der Waals surface area contributed by atoms with E-state index in [1.807, 2.05) is 25.1 Å². The smallest absolute Gasteiger partial charge is 0.241 e. The lowest BCUT2D eigenvalue weighted by atomic mass is 10.0. The summed E-state index contributed by atoms with van der Waals surface area (Å²) in [5.74, 6) is 0.0161. The molecule has 4 heteroatoms. The summed E-state index contributed by atoms with van der Waals surface area (Å²) < 4.78 is 0. The number of carbonyl (C=O) groups excluding carboxylic acids is 1. The van der Waals surface area contributed by atoms with Crippen LogP contribution < -0.4 is 10.6 Å². The Morgan fingerprint density at radius 1 is 1.42 bits per heavy atom. The second-order valence-electron chi connectivity index (χ2n) is 5.39. The first kappa shape index (κ1) is 14.0. The van der Waals surface area contributed by atoms with E-state index < -0.39 is 0 Å². The minimum absolute atomic E-state index is 0.0161. The maximum atomic E-state index is 12.2. The molecule has 1 amide bonds. The van der Waals surface area contributed by atoms with Crippen molar-refractivity contribution >= 4 is 11.6 Å². The van der Waals surface area contributed by atoms with Crippen molar-refractivity contribution in [3.63, 3.8) is 0 Å². The molecule has 0 aromatic heterocycles. The molecule has 3 atom stereocenters. The zero-order valence-electron chi connectivity index (χ0n) is 11.5. The van der Waals surface area contributed by atoms with Crippen molar-refractivity contribution in [2.75, 3.05) is 5.32 Å². The Balaban J connectivity index is 2.00. The molecule has 0 aliphatic carbocycles. The lowest BCUT2D eigenvalue weighted by Crippen LogP contribution is -2.45. The third-order valence-electron chi connectivity index (χ3n) is 3.47. The van der Waals surface area contributed by atoms with Gasteiger partial charge in [0, 0.05) is 11.7 Å². The van der Waals surface area contributed by atoms with Crippen LogP contribution in [0.2, 0.25) is 0 Å². The topological polar surface area (TPSA) is 61.4 Å². The summed E-state index contributed by atoms with van der Waals surface area (Å²) in [6.45, 7) is 3.76. The van der Waals surface area contributed by atoms with Gasteiger partial charge in [-0.3, -0.25) is 4.79 Å². The lowest BCUT2D eigenvalue weighted by molar-refractivity contribution is -0.118. The molecule has 3 unspecified atom stereocenters. The number of para-hydroxylation sites is 1. The van der Waals surface area contributed by atoms with E-state index in [0.717, 1.165) is 18.5 Å². The summed E-state index contributed by atoms with van der Waals surface area (Å²) in [7, 11) is 0. The van der Waals surface area contributed by atoms with Crippen LogP contribution in [0.3, 0.4) is 0 Å². The van der Waals surface area contributed by atoms with Crippen LogP contribution in [0.15, 0.2) is 24.3 Å². The van der Waals surface area contributed by atoms with Gasteiger partial charge < -0.3 is 15.7 Å². The highest BCUT2D eigenvalue weighted by molar-refractivity contribution is 5.96. The van der Waals surface area contributed by atoms with Gasteiger partial charge in [0.05, 0.1) is 12.1 Å². The van der Waals surface area contributed by atoms with Gasteiger partial charge in [0.1, 0.15) is 0 Å². The van der Waals surface area contributed by atoms with E-state index in [9.17, 15) is 9.90 Å². The number of aliphatic hydroxyl groups is 1. The molecule has 1 aromatic carbocycles. The number of amides is 1. The zero-order chi connectivity index (χ0) is 13.8. The zero-order valence-corrected chi connectivity index (χ0v) is 11.5. The van der Waals surface area contributed by atoms with Crippen LogP contribution in [-0.4, -0.2) is 29.2 Å². The van der Waals surface area contributed by atoms with Gasteiger partial charge in [0.2, 0.25) is 5.91 Å². The average Bonchev–Trinajstić information content (AvgIpc) is 2.48. The number of carbonyl (C=O) groups is 1. The van der Waals surface area contributed by atoms with Crippen molar-refractivity contribution in [1.82, 2.24) is 5.32 Å². The Morgan fingerprint density at radius 2 is 2.16 bits per heavy atom. The van der Waals surface area contributed by atoms with Gasteiger partial charge in [0.15, 0.2) is 0 Å². The predicted molar refractivity (Wildman–Crippen MR) is 76.1 cm³/mol. The van der Waals surface area contributed by atoms with Gasteiger partial charge in [-0.1, -0.05) is 18.2 Å². The number of aliphatic hydroxyl groups excluding tert-OH is 1. The molecule has 1 heterocycles. The summed E-state index contributed by atoms with van der Waals surface area (Å²) in [4.78, 5) is 12.2. The third-order valence-corrected chi connectivity index (χ3v) is 3.47. The molecule has 1 aliphatic rings. The second kappa shape index (κ2) is 6.17. The van der Waals surface area contributed by atoms with Gasteiger partial charge >= 0.3 is 0 Å².